The Kier molecular flexibility index (Phi) is 6.27. The van der Waals surface area contributed by atoms with Crippen molar-refractivity contribution in [2.24, 2.45) is 46.8 Å². The lowest BCUT2D eigenvalue weighted by atomic mass is 9.27. The quantitative estimate of drug-likeness (QED) is 0.173. The summed E-state index contributed by atoms with van der Waals surface area (Å²) in [5.41, 5.74) is 19.2. The maximum atomic E-state index is 2.66. The van der Waals surface area contributed by atoms with Gasteiger partial charge in [0.1, 0.15) is 0 Å². The van der Waals surface area contributed by atoms with Crippen LogP contribution in [0.15, 0.2) is 109 Å². The van der Waals surface area contributed by atoms with E-state index in [-0.39, 0.29) is 16.2 Å². The molecule has 6 bridgehead atoms. The Morgan fingerprint density at radius 2 is 1.09 bits per heavy atom. The van der Waals surface area contributed by atoms with Gasteiger partial charge in [0.05, 0.1) is 0 Å². The van der Waals surface area contributed by atoms with Crippen LogP contribution in [0.4, 0.5) is 17.1 Å². The number of anilines is 3. The Bertz CT molecular complexity index is 2560. The highest BCUT2D eigenvalue weighted by Gasteiger charge is 2.84. The Morgan fingerprint density at radius 3 is 1.84 bits per heavy atom. The van der Waals surface area contributed by atoms with E-state index in [9.17, 15) is 0 Å². The van der Waals surface area contributed by atoms with Gasteiger partial charge in [-0.2, -0.15) is 0 Å². The van der Waals surface area contributed by atoms with Crippen LogP contribution in [0, 0.1) is 46.8 Å². The Balaban J connectivity index is 0.858. The minimum absolute atomic E-state index is 0.156. The van der Waals surface area contributed by atoms with Gasteiger partial charge in [0.25, 0.3) is 0 Å². The third-order valence-electron chi connectivity index (χ3n) is 19.9. The summed E-state index contributed by atoms with van der Waals surface area (Å²) in [6, 6.07) is 44.2. The van der Waals surface area contributed by atoms with Crippen LogP contribution in [-0.4, -0.2) is 0 Å². The molecule has 0 aliphatic heterocycles. The first-order chi connectivity index (χ1) is 28.1. The number of hydrogen-bond donors (Lipinski definition) is 0. The fourth-order valence-corrected chi connectivity index (χ4v) is 17.7. The second-order valence-electron chi connectivity index (χ2n) is 23.0. The van der Waals surface area contributed by atoms with Gasteiger partial charge in [-0.25, -0.2) is 0 Å². The minimum Gasteiger partial charge on any atom is -0.310 e. The van der Waals surface area contributed by atoms with E-state index in [1.165, 1.54) is 121 Å². The molecule has 8 unspecified atom stereocenters. The Hall–Kier alpha value is -4.10. The third kappa shape index (κ3) is 3.93. The number of nitrogens with zero attached hydrogens (tertiary/aromatic N) is 1. The van der Waals surface area contributed by atoms with Crippen molar-refractivity contribution in [3.8, 4) is 22.3 Å². The first-order valence-corrected chi connectivity index (χ1v) is 23.5. The van der Waals surface area contributed by atoms with E-state index in [1.54, 1.807) is 16.7 Å². The summed E-state index contributed by atoms with van der Waals surface area (Å²) < 4.78 is 0. The first-order valence-electron chi connectivity index (χ1n) is 23.5. The molecule has 5 aromatic carbocycles. The highest BCUT2D eigenvalue weighted by Crippen LogP contribution is 2.89. The van der Waals surface area contributed by atoms with E-state index in [0.717, 1.165) is 41.4 Å². The monoisotopic (exact) mass is 757 g/mol. The van der Waals surface area contributed by atoms with Gasteiger partial charge in [-0.3, -0.25) is 0 Å². The molecule has 0 saturated heterocycles. The number of hydrogen-bond acceptors (Lipinski definition) is 1. The van der Waals surface area contributed by atoms with Crippen molar-refractivity contribution in [3.63, 3.8) is 0 Å². The molecular formula is C57H59N. The summed E-state index contributed by atoms with van der Waals surface area (Å²) >= 11 is 0. The van der Waals surface area contributed by atoms with Crippen molar-refractivity contribution in [1.29, 1.82) is 0 Å². The van der Waals surface area contributed by atoms with Gasteiger partial charge in [-0.1, -0.05) is 94.4 Å². The molecule has 292 valence electrons. The highest BCUT2D eigenvalue weighted by molar-refractivity contribution is 5.86. The Labute approximate surface area is 346 Å². The van der Waals surface area contributed by atoms with Gasteiger partial charge in [-0.05, 0) is 226 Å². The molecule has 58 heavy (non-hydrogen) atoms. The minimum atomic E-state index is 0.156. The summed E-state index contributed by atoms with van der Waals surface area (Å²) in [6.45, 7) is 9.82. The lowest BCUT2D eigenvalue weighted by molar-refractivity contribution is -0.231. The summed E-state index contributed by atoms with van der Waals surface area (Å²) in [5, 5.41) is 0. The number of rotatable bonds is 5. The molecule has 10 aliphatic carbocycles. The Morgan fingerprint density at radius 1 is 0.466 bits per heavy atom. The van der Waals surface area contributed by atoms with E-state index >= 15 is 0 Å². The summed E-state index contributed by atoms with van der Waals surface area (Å²) in [7, 11) is 0. The molecule has 10 aliphatic rings. The van der Waals surface area contributed by atoms with Crippen LogP contribution in [0.1, 0.15) is 126 Å². The van der Waals surface area contributed by atoms with Gasteiger partial charge in [0.2, 0.25) is 0 Å². The third-order valence-corrected chi connectivity index (χ3v) is 19.9. The van der Waals surface area contributed by atoms with Gasteiger partial charge in [0.15, 0.2) is 0 Å². The van der Waals surface area contributed by atoms with Crippen molar-refractivity contribution in [1.82, 2.24) is 0 Å². The second kappa shape index (κ2) is 10.8. The molecule has 0 radical (unpaired) electrons. The van der Waals surface area contributed by atoms with Crippen LogP contribution in [0.3, 0.4) is 0 Å². The molecule has 8 fully saturated rings. The standard InChI is InChI=1S/C57H59N/c1-53(2)21-22-54(3,4)50-30-44(18-20-48(50)53)58(43-16-12-39(13-17-43)55-31-34-23-35(32-55)25-40(55)24-34)42-14-9-37(10-15-42)38-11-19-46-45-7-5-6-8-47(45)57(49(46)28-38)51-27-36-26-41-29-52(57)56(41,51)33-36/h5-20,28,30,34-36,40-41,51-52H,21-27,29,31-33H2,1-4H3. The van der Waals surface area contributed by atoms with Crippen molar-refractivity contribution in [2.45, 2.75) is 120 Å². The van der Waals surface area contributed by atoms with Gasteiger partial charge < -0.3 is 4.90 Å². The molecule has 0 amide bonds. The van der Waals surface area contributed by atoms with E-state index in [4.69, 9.17) is 0 Å². The van der Waals surface area contributed by atoms with E-state index in [2.05, 4.69) is 142 Å². The summed E-state index contributed by atoms with van der Waals surface area (Å²) in [5.74, 6) is 6.51. The number of benzene rings is 5. The van der Waals surface area contributed by atoms with Crippen LogP contribution < -0.4 is 4.90 Å². The predicted molar refractivity (Wildman–Crippen MR) is 238 cm³/mol. The first kappa shape index (κ1) is 33.7. The topological polar surface area (TPSA) is 3.24 Å². The molecule has 0 aromatic heterocycles. The lowest BCUT2D eigenvalue weighted by Crippen LogP contribution is -2.73. The van der Waals surface area contributed by atoms with E-state index in [0.29, 0.717) is 10.8 Å². The van der Waals surface area contributed by atoms with Crippen LogP contribution in [-0.2, 0) is 21.7 Å². The maximum Gasteiger partial charge on any atom is 0.0464 e. The molecular weight excluding hydrogens is 699 g/mol. The summed E-state index contributed by atoms with van der Waals surface area (Å²) in [4.78, 5) is 2.56. The zero-order chi connectivity index (χ0) is 38.6. The fraction of sp³-hybridized carbons (Fsp3) is 0.474. The molecule has 2 spiro atoms. The van der Waals surface area contributed by atoms with Gasteiger partial charge >= 0.3 is 0 Å². The van der Waals surface area contributed by atoms with Crippen molar-refractivity contribution >= 4 is 17.1 Å². The summed E-state index contributed by atoms with van der Waals surface area (Å²) in [6.07, 6.45) is 15.7. The zero-order valence-corrected chi connectivity index (χ0v) is 35.2. The highest BCUT2D eigenvalue weighted by atomic mass is 15.1. The normalized spacial score (nSPS) is 37.6. The fourth-order valence-electron chi connectivity index (χ4n) is 17.7. The molecule has 5 aromatic rings. The van der Waals surface area contributed by atoms with Crippen molar-refractivity contribution in [2.75, 3.05) is 4.90 Å². The number of fused-ring (bicyclic) bond motifs is 9. The van der Waals surface area contributed by atoms with Crippen LogP contribution >= 0.6 is 0 Å². The van der Waals surface area contributed by atoms with Crippen LogP contribution in [0.25, 0.3) is 22.3 Å². The zero-order valence-electron chi connectivity index (χ0n) is 35.2. The molecule has 15 rings (SSSR count). The van der Waals surface area contributed by atoms with Gasteiger partial charge in [-0.15, -0.1) is 0 Å². The van der Waals surface area contributed by atoms with Crippen molar-refractivity contribution < 1.29 is 0 Å². The van der Waals surface area contributed by atoms with E-state index in [1.807, 2.05) is 0 Å². The molecule has 0 heterocycles. The molecule has 1 heteroatoms. The average Bonchev–Trinajstić information content (AvgIpc) is 3.98. The average molecular weight is 758 g/mol. The smallest absolute Gasteiger partial charge is 0.0464 e. The van der Waals surface area contributed by atoms with Crippen LogP contribution in [0.5, 0.6) is 0 Å². The maximum absolute atomic E-state index is 2.66. The molecule has 8 atom stereocenters. The molecule has 8 saturated carbocycles. The van der Waals surface area contributed by atoms with E-state index < -0.39 is 0 Å². The lowest BCUT2D eigenvalue weighted by Gasteiger charge is -2.76. The van der Waals surface area contributed by atoms with Crippen LogP contribution in [0.2, 0.25) is 0 Å². The largest absolute Gasteiger partial charge is 0.310 e. The second-order valence-corrected chi connectivity index (χ2v) is 23.0. The predicted octanol–water partition coefficient (Wildman–Crippen LogP) is 14.6. The SMILES string of the molecule is CC1(C)CCC(C)(C)c2cc(N(c3ccc(-c4ccc5c(c4)C4(c6ccccc6-5)C5CC6CC7CC4C75C6)cc3)c3ccc(C45CC6CC(CC4C6)C5)cc3)ccc21. The van der Waals surface area contributed by atoms with Crippen molar-refractivity contribution in [3.05, 3.63) is 137 Å². The molecule has 1 nitrogen and oxygen atoms in total. The molecule has 0 N–H and O–H groups in total. The van der Waals surface area contributed by atoms with Gasteiger partial charge in [0, 0.05) is 22.5 Å².